The third-order valence-corrected chi connectivity index (χ3v) is 1.85. The second kappa shape index (κ2) is 3.70. The van der Waals surface area contributed by atoms with Gasteiger partial charge in [-0.2, -0.15) is 0 Å². The van der Waals surface area contributed by atoms with E-state index in [2.05, 4.69) is 0 Å². The lowest BCUT2D eigenvalue weighted by Crippen LogP contribution is -2.31. The maximum Gasteiger partial charge on any atom is 0.223 e. The Morgan fingerprint density at radius 3 is 2.07 bits per heavy atom. The third kappa shape index (κ3) is 2.76. The van der Waals surface area contributed by atoms with E-state index in [-0.39, 0.29) is 11.3 Å². The van der Waals surface area contributed by atoms with Crippen molar-refractivity contribution in [3.05, 3.63) is 29.8 Å². The van der Waals surface area contributed by atoms with Crippen LogP contribution in [-0.2, 0) is 0 Å². The van der Waals surface area contributed by atoms with Gasteiger partial charge in [-0.05, 0) is 29.0 Å². The van der Waals surface area contributed by atoms with Gasteiger partial charge in [-0.3, -0.25) is 5.21 Å². The molecule has 14 heavy (non-hydrogen) atoms. The maximum atomic E-state index is 9.62. The number of hydrogen-bond acceptors (Lipinski definition) is 2. The first-order valence-electron chi connectivity index (χ1n) is 4.52. The highest BCUT2D eigenvalue weighted by Crippen LogP contribution is 2.09. The number of aromatic hydroxyl groups is 1. The quantitative estimate of drug-likeness (QED) is 0.311. The second-order valence-corrected chi connectivity index (χ2v) is 4.24. The van der Waals surface area contributed by atoms with Gasteiger partial charge in [-0.15, -0.1) is 0 Å². The zero-order chi connectivity index (χ0) is 10.8. The normalized spacial score (nSPS) is 12.9. The van der Waals surface area contributed by atoms with Crippen molar-refractivity contribution in [3.63, 3.8) is 0 Å². The first kappa shape index (κ1) is 10.6. The molecule has 2 N–H and O–H groups in total. The summed E-state index contributed by atoms with van der Waals surface area (Å²) < 4.78 is 1.15. The van der Waals surface area contributed by atoms with E-state index in [0.717, 1.165) is 10.3 Å². The Labute approximate surface area is 83.9 Å². The lowest BCUT2D eigenvalue weighted by molar-refractivity contribution is -0.816. The van der Waals surface area contributed by atoms with E-state index >= 15 is 0 Å². The fourth-order valence-corrected chi connectivity index (χ4v) is 0.895. The van der Waals surface area contributed by atoms with E-state index < -0.39 is 0 Å². The summed E-state index contributed by atoms with van der Waals surface area (Å²) in [5.74, 6) is 0.224. The van der Waals surface area contributed by atoms with Crippen LogP contribution < -0.4 is 0 Å². The van der Waals surface area contributed by atoms with Gasteiger partial charge in [-0.25, -0.2) is 0 Å². The number of nitrogens with zero attached hydrogens (tertiary/aromatic N) is 1. The summed E-state index contributed by atoms with van der Waals surface area (Å²) in [5.41, 5.74) is 0.526. The Bertz CT molecular complexity index is 333. The Morgan fingerprint density at radius 2 is 1.64 bits per heavy atom. The Morgan fingerprint density at radius 1 is 1.14 bits per heavy atom. The van der Waals surface area contributed by atoms with E-state index in [0.29, 0.717) is 0 Å². The van der Waals surface area contributed by atoms with E-state index in [4.69, 9.17) is 5.11 Å². The third-order valence-electron chi connectivity index (χ3n) is 1.85. The monoisotopic (exact) mass is 194 g/mol. The number of rotatable bonds is 1. The Kier molecular flexibility index (Phi) is 2.79. The summed E-state index contributed by atoms with van der Waals surface area (Å²) in [6.45, 7) is 5.72. The molecule has 0 radical (unpaired) electrons. The number of phenolic OH excluding ortho intramolecular Hbond substituents is 1. The van der Waals surface area contributed by atoms with Crippen molar-refractivity contribution in [1.82, 2.24) is 0 Å². The van der Waals surface area contributed by atoms with Gasteiger partial charge >= 0.3 is 0 Å². The van der Waals surface area contributed by atoms with Crippen LogP contribution in [0.1, 0.15) is 26.3 Å². The Balaban J connectivity index is 2.93. The minimum Gasteiger partial charge on any atom is -0.508 e. The van der Waals surface area contributed by atoms with Crippen LogP contribution in [0.4, 0.5) is 0 Å². The number of phenols is 1. The van der Waals surface area contributed by atoms with Gasteiger partial charge in [0, 0.05) is 26.3 Å². The van der Waals surface area contributed by atoms with Gasteiger partial charge in [-0.1, -0.05) is 0 Å². The van der Waals surface area contributed by atoms with Gasteiger partial charge in [0.2, 0.25) is 11.8 Å². The van der Waals surface area contributed by atoms with E-state index in [1.807, 2.05) is 20.8 Å². The molecule has 0 heterocycles. The summed E-state index contributed by atoms with van der Waals surface area (Å²) in [4.78, 5) is 0. The van der Waals surface area contributed by atoms with Crippen molar-refractivity contribution in [2.75, 3.05) is 0 Å². The molecule has 1 aromatic carbocycles. The molecule has 0 aliphatic carbocycles. The molecule has 0 atom stereocenters. The molecule has 0 bridgehead atoms. The summed E-state index contributed by atoms with van der Waals surface area (Å²) in [7, 11) is 0. The maximum absolute atomic E-state index is 9.62. The predicted molar refractivity (Wildman–Crippen MR) is 55.1 cm³/mol. The van der Waals surface area contributed by atoms with Crippen LogP contribution in [0.15, 0.2) is 24.3 Å². The van der Waals surface area contributed by atoms with Gasteiger partial charge in [0.1, 0.15) is 5.75 Å². The van der Waals surface area contributed by atoms with Crippen molar-refractivity contribution < 1.29 is 15.1 Å². The molecule has 0 fully saturated rings. The van der Waals surface area contributed by atoms with Crippen LogP contribution in [0, 0.1) is 0 Å². The molecule has 1 rings (SSSR count). The molecule has 3 nitrogen and oxygen atoms in total. The largest absolute Gasteiger partial charge is 0.508 e. The minimum atomic E-state index is -0.322. The molecule has 1 aromatic rings. The fraction of sp³-hybridized carbons (Fsp3) is 0.364. The lowest BCUT2D eigenvalue weighted by Gasteiger charge is -2.08. The average Bonchev–Trinajstić information content (AvgIpc) is 2.07. The highest BCUT2D eigenvalue weighted by atomic mass is 16.5. The predicted octanol–water partition coefficient (Wildman–Crippen LogP) is 2.01. The average molecular weight is 194 g/mol. The highest BCUT2D eigenvalue weighted by Gasteiger charge is 2.23. The smallest absolute Gasteiger partial charge is 0.223 e. The molecule has 0 unspecified atom stereocenters. The van der Waals surface area contributed by atoms with Crippen LogP contribution in [0.5, 0.6) is 5.75 Å². The molecule has 0 aliphatic heterocycles. The highest BCUT2D eigenvalue weighted by molar-refractivity contribution is 5.75. The molecule has 0 aromatic heterocycles. The van der Waals surface area contributed by atoms with Crippen LogP contribution in [0.3, 0.4) is 0 Å². The number of hydrogen-bond donors (Lipinski definition) is 2. The van der Waals surface area contributed by atoms with Crippen LogP contribution in [0.25, 0.3) is 0 Å². The molecular formula is C11H16NO2+. The summed E-state index contributed by atoms with van der Waals surface area (Å²) >= 11 is 0. The van der Waals surface area contributed by atoms with Crippen LogP contribution in [-0.4, -0.2) is 26.8 Å². The SMILES string of the molecule is CC(C)(C)/[N+](O)=C/c1ccc(O)cc1. The summed E-state index contributed by atoms with van der Waals surface area (Å²) in [5, 5.41) is 18.7. The van der Waals surface area contributed by atoms with Crippen molar-refractivity contribution in [2.24, 2.45) is 0 Å². The van der Waals surface area contributed by atoms with Gasteiger partial charge in [0.25, 0.3) is 0 Å². The first-order valence-corrected chi connectivity index (χ1v) is 4.52. The summed E-state index contributed by atoms with van der Waals surface area (Å²) in [6, 6.07) is 6.65. The van der Waals surface area contributed by atoms with Crippen LogP contribution >= 0.6 is 0 Å². The standard InChI is InChI=1S/C11H15NO2/c1-11(2,3)12(14)8-9-4-6-10(13)7-5-9/h4-8,14H,1-3H3/p+1. The molecule has 76 valence electrons. The Hall–Kier alpha value is -1.51. The molecule has 0 saturated heterocycles. The van der Waals surface area contributed by atoms with Crippen molar-refractivity contribution in [3.8, 4) is 5.75 Å². The van der Waals surface area contributed by atoms with Crippen molar-refractivity contribution in [1.29, 1.82) is 0 Å². The van der Waals surface area contributed by atoms with Gasteiger partial charge in [0.05, 0.1) is 0 Å². The minimum absolute atomic E-state index is 0.224. The van der Waals surface area contributed by atoms with Crippen molar-refractivity contribution in [2.45, 2.75) is 26.3 Å². The molecular weight excluding hydrogens is 178 g/mol. The fourth-order valence-electron chi connectivity index (χ4n) is 0.895. The molecule has 0 amide bonds. The number of benzene rings is 1. The van der Waals surface area contributed by atoms with Gasteiger partial charge in [0.15, 0.2) is 0 Å². The number of hydroxylamine groups is 1. The van der Waals surface area contributed by atoms with Crippen LogP contribution in [0.2, 0.25) is 0 Å². The van der Waals surface area contributed by atoms with Gasteiger partial charge < -0.3 is 5.11 Å². The zero-order valence-corrected chi connectivity index (χ0v) is 8.73. The summed E-state index contributed by atoms with van der Waals surface area (Å²) in [6.07, 6.45) is 1.62. The van der Waals surface area contributed by atoms with E-state index in [1.54, 1.807) is 30.5 Å². The van der Waals surface area contributed by atoms with E-state index in [9.17, 15) is 5.21 Å². The molecule has 3 heteroatoms. The molecule has 0 aliphatic rings. The zero-order valence-electron chi connectivity index (χ0n) is 8.73. The molecule has 0 saturated carbocycles. The van der Waals surface area contributed by atoms with E-state index in [1.165, 1.54) is 0 Å². The topological polar surface area (TPSA) is 43.5 Å². The molecule has 0 spiro atoms. The first-order chi connectivity index (χ1) is 6.39. The second-order valence-electron chi connectivity index (χ2n) is 4.24. The van der Waals surface area contributed by atoms with Crippen molar-refractivity contribution >= 4 is 6.21 Å². The lowest BCUT2D eigenvalue weighted by atomic mass is 10.1.